The third-order valence-corrected chi connectivity index (χ3v) is 2.74. The molecule has 0 aliphatic carbocycles. The van der Waals surface area contributed by atoms with Crippen LogP contribution >= 0.6 is 11.3 Å². The van der Waals surface area contributed by atoms with Crippen molar-refractivity contribution >= 4 is 23.2 Å². The lowest BCUT2D eigenvalue weighted by Crippen LogP contribution is -1.94. The molecule has 0 aliphatic heterocycles. The van der Waals surface area contributed by atoms with E-state index >= 15 is 0 Å². The van der Waals surface area contributed by atoms with Gasteiger partial charge in [0.15, 0.2) is 10.8 Å². The summed E-state index contributed by atoms with van der Waals surface area (Å²) in [6.45, 7) is 5.79. The first kappa shape index (κ1) is 10.1. The summed E-state index contributed by atoms with van der Waals surface area (Å²) in [5.74, 6) is 0.129. The first-order chi connectivity index (χ1) is 6.19. The molecule has 0 spiro atoms. The van der Waals surface area contributed by atoms with Gasteiger partial charge in [0.25, 0.3) is 0 Å². The molecule has 1 heterocycles. The first-order valence-corrected chi connectivity index (χ1v) is 5.14. The molecule has 70 valence electrons. The van der Waals surface area contributed by atoms with Crippen LogP contribution in [0.2, 0.25) is 0 Å². The Labute approximate surface area is 82.3 Å². The average molecular weight is 195 g/mol. The molecule has 0 amide bonds. The highest BCUT2D eigenvalue weighted by molar-refractivity contribution is 7.13. The van der Waals surface area contributed by atoms with Gasteiger partial charge < -0.3 is 0 Å². The molecule has 0 aliphatic rings. The average Bonchev–Trinajstić information content (AvgIpc) is 2.47. The summed E-state index contributed by atoms with van der Waals surface area (Å²) < 4.78 is 0. The van der Waals surface area contributed by atoms with Crippen LogP contribution in [0.1, 0.15) is 40.6 Å². The normalized spacial score (nSPS) is 11.0. The minimum absolute atomic E-state index is 0.129. The molecular formula is C10H13NOS. The summed E-state index contributed by atoms with van der Waals surface area (Å²) in [5.41, 5.74) is 0.921. The zero-order chi connectivity index (χ0) is 9.84. The van der Waals surface area contributed by atoms with Gasteiger partial charge in [-0.2, -0.15) is 0 Å². The van der Waals surface area contributed by atoms with E-state index in [1.807, 2.05) is 32.9 Å². The second-order valence-electron chi connectivity index (χ2n) is 2.74. The van der Waals surface area contributed by atoms with Crippen LogP contribution in [-0.2, 0) is 0 Å². The van der Waals surface area contributed by atoms with Gasteiger partial charge in [-0.3, -0.25) is 4.79 Å². The van der Waals surface area contributed by atoms with Crippen LogP contribution in [0.25, 0.3) is 6.08 Å². The predicted octanol–water partition coefficient (Wildman–Crippen LogP) is 3.08. The van der Waals surface area contributed by atoms with Gasteiger partial charge in [-0.15, -0.1) is 11.3 Å². The number of thiazole rings is 1. The Morgan fingerprint density at radius 2 is 2.31 bits per heavy atom. The quantitative estimate of drug-likeness (QED) is 0.694. The number of hydrogen-bond acceptors (Lipinski definition) is 3. The minimum atomic E-state index is 0.129. The second-order valence-corrected chi connectivity index (χ2v) is 3.94. The fourth-order valence-corrected chi connectivity index (χ4v) is 1.90. The third kappa shape index (κ3) is 2.25. The van der Waals surface area contributed by atoms with Gasteiger partial charge in [-0.25, -0.2) is 4.98 Å². The maximum Gasteiger partial charge on any atom is 0.191 e. The van der Waals surface area contributed by atoms with Gasteiger partial charge in [0, 0.05) is 11.3 Å². The van der Waals surface area contributed by atoms with E-state index in [1.165, 1.54) is 11.3 Å². The SMILES string of the molecule is C/C=C\c1nc(C(=O)CC)sc1C. The van der Waals surface area contributed by atoms with Crippen LogP contribution in [0.5, 0.6) is 0 Å². The van der Waals surface area contributed by atoms with Crippen molar-refractivity contribution in [3.05, 3.63) is 21.7 Å². The Kier molecular flexibility index (Phi) is 3.37. The summed E-state index contributed by atoms with van der Waals surface area (Å²) in [4.78, 5) is 16.7. The molecule has 2 nitrogen and oxygen atoms in total. The highest BCUT2D eigenvalue weighted by atomic mass is 32.1. The summed E-state index contributed by atoms with van der Waals surface area (Å²) >= 11 is 1.48. The highest BCUT2D eigenvalue weighted by Crippen LogP contribution is 2.19. The fraction of sp³-hybridized carbons (Fsp3) is 0.400. The number of rotatable bonds is 3. The zero-order valence-electron chi connectivity index (χ0n) is 8.13. The molecule has 0 atom stereocenters. The highest BCUT2D eigenvalue weighted by Gasteiger charge is 2.10. The van der Waals surface area contributed by atoms with Crippen LogP contribution in [0.4, 0.5) is 0 Å². The van der Waals surface area contributed by atoms with Crippen molar-refractivity contribution in [2.75, 3.05) is 0 Å². The van der Waals surface area contributed by atoms with E-state index in [0.717, 1.165) is 10.6 Å². The fourth-order valence-electron chi connectivity index (χ4n) is 0.991. The summed E-state index contributed by atoms with van der Waals surface area (Å²) in [6, 6.07) is 0. The molecule has 1 rings (SSSR count). The number of aromatic nitrogens is 1. The molecule has 0 radical (unpaired) electrons. The van der Waals surface area contributed by atoms with E-state index in [2.05, 4.69) is 4.98 Å². The standard InChI is InChI=1S/C10H13NOS/c1-4-6-8-7(3)13-10(11-8)9(12)5-2/h4,6H,5H2,1-3H3/b6-4-. The van der Waals surface area contributed by atoms with Gasteiger partial charge in [-0.05, 0) is 19.9 Å². The Morgan fingerprint density at radius 1 is 1.62 bits per heavy atom. The molecule has 0 N–H and O–H groups in total. The van der Waals surface area contributed by atoms with Gasteiger partial charge in [0.05, 0.1) is 5.69 Å². The lowest BCUT2D eigenvalue weighted by atomic mass is 10.3. The molecule has 0 fully saturated rings. The van der Waals surface area contributed by atoms with E-state index in [4.69, 9.17) is 0 Å². The summed E-state index contributed by atoms with van der Waals surface area (Å²) in [6.07, 6.45) is 4.39. The molecule has 0 saturated carbocycles. The maximum atomic E-state index is 11.3. The van der Waals surface area contributed by atoms with Crippen LogP contribution in [-0.4, -0.2) is 10.8 Å². The van der Waals surface area contributed by atoms with Gasteiger partial charge in [0.1, 0.15) is 0 Å². The van der Waals surface area contributed by atoms with Crippen molar-refractivity contribution in [2.45, 2.75) is 27.2 Å². The molecule has 1 aromatic rings. The van der Waals surface area contributed by atoms with Crippen molar-refractivity contribution < 1.29 is 4.79 Å². The van der Waals surface area contributed by atoms with Crippen molar-refractivity contribution in [3.8, 4) is 0 Å². The van der Waals surface area contributed by atoms with Crippen LogP contribution in [0.15, 0.2) is 6.08 Å². The number of nitrogens with zero attached hydrogens (tertiary/aromatic N) is 1. The van der Waals surface area contributed by atoms with E-state index < -0.39 is 0 Å². The summed E-state index contributed by atoms with van der Waals surface area (Å²) in [7, 11) is 0. The Morgan fingerprint density at radius 3 is 2.85 bits per heavy atom. The van der Waals surface area contributed by atoms with Crippen molar-refractivity contribution in [2.24, 2.45) is 0 Å². The van der Waals surface area contributed by atoms with Crippen molar-refractivity contribution in [1.82, 2.24) is 4.98 Å². The van der Waals surface area contributed by atoms with Crippen molar-refractivity contribution in [3.63, 3.8) is 0 Å². The second kappa shape index (κ2) is 4.33. The van der Waals surface area contributed by atoms with Gasteiger partial charge in [0.2, 0.25) is 0 Å². The minimum Gasteiger partial charge on any atom is -0.292 e. The molecule has 0 aromatic carbocycles. The number of carbonyl (C=O) groups excluding carboxylic acids is 1. The predicted molar refractivity (Wildman–Crippen MR) is 56.2 cm³/mol. The molecule has 1 aromatic heterocycles. The largest absolute Gasteiger partial charge is 0.292 e. The van der Waals surface area contributed by atoms with Gasteiger partial charge >= 0.3 is 0 Å². The Balaban J connectivity index is 3.01. The number of Topliss-reactive ketones (excluding diaryl/α,β-unsaturated/α-hetero) is 1. The number of aryl methyl sites for hydroxylation is 1. The Bertz CT molecular complexity index is 339. The number of hydrogen-bond donors (Lipinski definition) is 0. The number of allylic oxidation sites excluding steroid dienone is 1. The smallest absolute Gasteiger partial charge is 0.191 e. The van der Waals surface area contributed by atoms with Crippen LogP contribution < -0.4 is 0 Å². The molecule has 0 saturated heterocycles. The van der Waals surface area contributed by atoms with Crippen LogP contribution in [0.3, 0.4) is 0 Å². The zero-order valence-corrected chi connectivity index (χ0v) is 8.94. The number of carbonyl (C=O) groups is 1. The number of ketones is 1. The third-order valence-electron chi connectivity index (χ3n) is 1.72. The molecule has 3 heteroatoms. The van der Waals surface area contributed by atoms with Crippen molar-refractivity contribution in [1.29, 1.82) is 0 Å². The molecule has 13 heavy (non-hydrogen) atoms. The van der Waals surface area contributed by atoms with Crippen LogP contribution in [0, 0.1) is 6.92 Å². The molecular weight excluding hydrogens is 182 g/mol. The molecule has 0 unspecified atom stereocenters. The monoisotopic (exact) mass is 195 g/mol. The summed E-state index contributed by atoms with van der Waals surface area (Å²) in [5, 5.41) is 0.633. The first-order valence-electron chi connectivity index (χ1n) is 4.32. The van der Waals surface area contributed by atoms with E-state index in [0.29, 0.717) is 11.4 Å². The molecule has 0 bridgehead atoms. The maximum absolute atomic E-state index is 11.3. The van der Waals surface area contributed by atoms with E-state index in [-0.39, 0.29) is 5.78 Å². The van der Waals surface area contributed by atoms with E-state index in [9.17, 15) is 4.79 Å². The lowest BCUT2D eigenvalue weighted by Gasteiger charge is -1.86. The topological polar surface area (TPSA) is 30.0 Å². The Hall–Kier alpha value is -0.960. The lowest BCUT2D eigenvalue weighted by molar-refractivity contribution is 0.0988. The van der Waals surface area contributed by atoms with E-state index in [1.54, 1.807) is 0 Å². The van der Waals surface area contributed by atoms with Gasteiger partial charge in [-0.1, -0.05) is 13.0 Å².